The first-order valence-electron chi connectivity index (χ1n) is 8.19. The molecular formula is C16H25N5O. The SMILES string of the molecule is N[C@@H]1CCC[C@H]1CC(=O)Nc1ccc(N2CCNCC2)cn1. The van der Waals surface area contributed by atoms with E-state index >= 15 is 0 Å². The molecule has 1 aromatic heterocycles. The Balaban J connectivity index is 1.53. The molecule has 2 heterocycles. The first-order chi connectivity index (χ1) is 10.7. The maximum absolute atomic E-state index is 12.1. The summed E-state index contributed by atoms with van der Waals surface area (Å²) in [6.07, 6.45) is 5.57. The molecule has 0 aromatic carbocycles. The van der Waals surface area contributed by atoms with Gasteiger partial charge >= 0.3 is 0 Å². The number of hydrogen-bond acceptors (Lipinski definition) is 5. The number of carbonyl (C=O) groups is 1. The number of carbonyl (C=O) groups excluding carboxylic acids is 1. The quantitative estimate of drug-likeness (QED) is 0.771. The van der Waals surface area contributed by atoms with Crippen LogP contribution in [0.1, 0.15) is 25.7 Å². The normalized spacial score (nSPS) is 25.2. The highest BCUT2D eigenvalue weighted by Gasteiger charge is 2.26. The third-order valence-electron chi connectivity index (χ3n) is 4.66. The molecule has 2 fully saturated rings. The first kappa shape index (κ1) is 15.2. The Hall–Kier alpha value is -1.66. The fourth-order valence-electron chi connectivity index (χ4n) is 3.32. The van der Waals surface area contributed by atoms with Gasteiger partial charge in [-0.25, -0.2) is 4.98 Å². The van der Waals surface area contributed by atoms with Crippen molar-refractivity contribution in [3.05, 3.63) is 18.3 Å². The summed E-state index contributed by atoms with van der Waals surface area (Å²) in [6, 6.07) is 4.08. The largest absolute Gasteiger partial charge is 0.368 e. The van der Waals surface area contributed by atoms with Gasteiger partial charge < -0.3 is 21.3 Å². The van der Waals surface area contributed by atoms with E-state index in [-0.39, 0.29) is 11.9 Å². The number of amides is 1. The van der Waals surface area contributed by atoms with E-state index in [0.29, 0.717) is 18.2 Å². The van der Waals surface area contributed by atoms with Gasteiger partial charge in [0, 0.05) is 38.6 Å². The van der Waals surface area contributed by atoms with Gasteiger partial charge in [0.25, 0.3) is 0 Å². The van der Waals surface area contributed by atoms with E-state index < -0.39 is 0 Å². The highest BCUT2D eigenvalue weighted by atomic mass is 16.1. The van der Waals surface area contributed by atoms with E-state index in [9.17, 15) is 4.79 Å². The first-order valence-corrected chi connectivity index (χ1v) is 8.19. The van der Waals surface area contributed by atoms with E-state index in [1.165, 1.54) is 0 Å². The molecule has 0 bridgehead atoms. The lowest BCUT2D eigenvalue weighted by molar-refractivity contribution is -0.117. The second kappa shape index (κ2) is 7.07. The van der Waals surface area contributed by atoms with Gasteiger partial charge in [-0.2, -0.15) is 0 Å². The van der Waals surface area contributed by atoms with Crippen LogP contribution in [0, 0.1) is 5.92 Å². The Morgan fingerprint density at radius 1 is 1.36 bits per heavy atom. The van der Waals surface area contributed by atoms with Crippen molar-refractivity contribution in [3.63, 3.8) is 0 Å². The lowest BCUT2D eigenvalue weighted by Gasteiger charge is -2.29. The summed E-state index contributed by atoms with van der Waals surface area (Å²) in [5, 5.41) is 6.21. The van der Waals surface area contributed by atoms with Crippen molar-refractivity contribution in [2.75, 3.05) is 36.4 Å². The van der Waals surface area contributed by atoms with Gasteiger partial charge in [0.05, 0.1) is 11.9 Å². The van der Waals surface area contributed by atoms with Gasteiger partial charge in [0.1, 0.15) is 5.82 Å². The summed E-state index contributed by atoms with van der Waals surface area (Å²) in [5.74, 6) is 0.959. The average molecular weight is 303 g/mol. The number of anilines is 2. The number of hydrogen-bond donors (Lipinski definition) is 3. The molecule has 2 atom stereocenters. The minimum absolute atomic E-state index is 0.0183. The Morgan fingerprint density at radius 3 is 2.82 bits per heavy atom. The van der Waals surface area contributed by atoms with Crippen molar-refractivity contribution in [1.82, 2.24) is 10.3 Å². The molecule has 0 spiro atoms. The predicted octanol–water partition coefficient (Wildman–Crippen LogP) is 0.947. The molecule has 6 heteroatoms. The van der Waals surface area contributed by atoms with Crippen LogP contribution < -0.4 is 21.3 Å². The lowest BCUT2D eigenvalue weighted by Crippen LogP contribution is -2.43. The number of pyridine rings is 1. The molecule has 22 heavy (non-hydrogen) atoms. The van der Waals surface area contributed by atoms with E-state index in [4.69, 9.17) is 5.73 Å². The van der Waals surface area contributed by atoms with Crippen molar-refractivity contribution >= 4 is 17.4 Å². The second-order valence-electron chi connectivity index (χ2n) is 6.25. The molecule has 1 amide bonds. The highest BCUT2D eigenvalue weighted by Crippen LogP contribution is 2.27. The number of aromatic nitrogens is 1. The molecule has 3 rings (SSSR count). The maximum atomic E-state index is 12.1. The fourth-order valence-corrected chi connectivity index (χ4v) is 3.32. The summed E-state index contributed by atoms with van der Waals surface area (Å²) in [6.45, 7) is 3.99. The van der Waals surface area contributed by atoms with Crippen LogP contribution in [0.25, 0.3) is 0 Å². The molecule has 1 aromatic rings. The van der Waals surface area contributed by atoms with Crippen LogP contribution in [0.4, 0.5) is 11.5 Å². The van der Waals surface area contributed by atoms with E-state index in [1.54, 1.807) is 0 Å². The van der Waals surface area contributed by atoms with Gasteiger partial charge in [-0.1, -0.05) is 6.42 Å². The summed E-state index contributed by atoms with van der Waals surface area (Å²) in [4.78, 5) is 18.7. The van der Waals surface area contributed by atoms with Gasteiger partial charge in [-0.05, 0) is 30.9 Å². The summed E-state index contributed by atoms with van der Waals surface area (Å²) in [5.41, 5.74) is 7.13. The van der Waals surface area contributed by atoms with Crippen molar-refractivity contribution < 1.29 is 4.79 Å². The topological polar surface area (TPSA) is 83.3 Å². The minimum atomic E-state index is 0.0183. The van der Waals surface area contributed by atoms with Crippen LogP contribution in [0.2, 0.25) is 0 Å². The summed E-state index contributed by atoms with van der Waals surface area (Å²) >= 11 is 0. The molecule has 1 saturated carbocycles. The maximum Gasteiger partial charge on any atom is 0.225 e. The second-order valence-corrected chi connectivity index (χ2v) is 6.25. The van der Waals surface area contributed by atoms with Gasteiger partial charge in [-0.3, -0.25) is 4.79 Å². The molecule has 1 aliphatic carbocycles. The Labute approximate surface area is 131 Å². The fraction of sp³-hybridized carbons (Fsp3) is 0.625. The van der Waals surface area contributed by atoms with Crippen LogP contribution in [0.3, 0.4) is 0 Å². The number of rotatable bonds is 4. The molecule has 4 N–H and O–H groups in total. The van der Waals surface area contributed by atoms with Crippen molar-refractivity contribution in [2.24, 2.45) is 11.7 Å². The zero-order valence-electron chi connectivity index (χ0n) is 12.9. The Bertz CT molecular complexity index is 498. The Kier molecular flexibility index (Phi) is 4.90. The van der Waals surface area contributed by atoms with E-state index in [1.807, 2.05) is 18.3 Å². The predicted molar refractivity (Wildman–Crippen MR) is 87.9 cm³/mol. The summed E-state index contributed by atoms with van der Waals surface area (Å²) in [7, 11) is 0. The third-order valence-corrected chi connectivity index (χ3v) is 4.66. The number of nitrogens with two attached hydrogens (primary N) is 1. The molecule has 1 saturated heterocycles. The van der Waals surface area contributed by atoms with Crippen LogP contribution in [0.15, 0.2) is 18.3 Å². The smallest absolute Gasteiger partial charge is 0.225 e. The standard InChI is InChI=1S/C16H25N5O/c17-14-3-1-2-12(14)10-16(22)20-15-5-4-13(11-19-15)21-8-6-18-7-9-21/h4-5,11-12,14,18H,1-3,6-10,17H2,(H,19,20,22)/t12-,14+/m0/s1. The van der Waals surface area contributed by atoms with E-state index in [2.05, 4.69) is 20.5 Å². The minimum Gasteiger partial charge on any atom is -0.368 e. The summed E-state index contributed by atoms with van der Waals surface area (Å²) < 4.78 is 0. The molecule has 2 aliphatic rings. The zero-order valence-corrected chi connectivity index (χ0v) is 12.9. The molecule has 6 nitrogen and oxygen atoms in total. The van der Waals surface area contributed by atoms with Crippen LogP contribution in [-0.4, -0.2) is 43.1 Å². The number of nitrogens with one attached hydrogen (secondary N) is 2. The van der Waals surface area contributed by atoms with Crippen molar-refractivity contribution in [3.8, 4) is 0 Å². The van der Waals surface area contributed by atoms with Gasteiger partial charge in [0.15, 0.2) is 0 Å². The number of piperazine rings is 1. The van der Waals surface area contributed by atoms with Crippen molar-refractivity contribution in [1.29, 1.82) is 0 Å². The molecule has 0 radical (unpaired) electrons. The van der Waals surface area contributed by atoms with E-state index in [0.717, 1.165) is 51.1 Å². The van der Waals surface area contributed by atoms with Crippen molar-refractivity contribution in [2.45, 2.75) is 31.7 Å². The van der Waals surface area contributed by atoms with Crippen LogP contribution in [-0.2, 0) is 4.79 Å². The molecule has 1 aliphatic heterocycles. The Morgan fingerprint density at radius 2 is 2.18 bits per heavy atom. The third kappa shape index (κ3) is 3.75. The monoisotopic (exact) mass is 303 g/mol. The average Bonchev–Trinajstić information content (AvgIpc) is 2.94. The molecular weight excluding hydrogens is 278 g/mol. The lowest BCUT2D eigenvalue weighted by atomic mass is 10.00. The zero-order chi connectivity index (χ0) is 15.4. The molecule has 0 unspecified atom stereocenters. The molecule has 120 valence electrons. The van der Waals surface area contributed by atoms with Crippen LogP contribution >= 0.6 is 0 Å². The van der Waals surface area contributed by atoms with Gasteiger partial charge in [0.2, 0.25) is 5.91 Å². The van der Waals surface area contributed by atoms with Crippen LogP contribution in [0.5, 0.6) is 0 Å². The highest BCUT2D eigenvalue weighted by molar-refractivity contribution is 5.90. The van der Waals surface area contributed by atoms with Gasteiger partial charge in [-0.15, -0.1) is 0 Å². The number of nitrogens with zero attached hydrogens (tertiary/aromatic N) is 2.